The molecule has 0 atom stereocenters. The van der Waals surface area contributed by atoms with Crippen LogP contribution in [0.1, 0.15) is 86.6 Å². The Kier molecular flexibility index (Phi) is 5.65. The average Bonchev–Trinajstić information content (AvgIpc) is 3.20. The average molecular weight is 422 g/mol. The summed E-state index contributed by atoms with van der Waals surface area (Å²) in [5.41, 5.74) is 8.89. The fraction of sp³-hybridized carbons (Fsp3) is 0.538. The maximum Gasteiger partial charge on any atom is 0.134 e. The molecule has 2 aliphatic rings. The number of imidazole rings is 1. The summed E-state index contributed by atoms with van der Waals surface area (Å²) in [6.45, 7) is 13.1. The second-order valence-electron chi connectivity index (χ2n) is 9.41. The molecule has 2 aromatic heterocycles. The summed E-state index contributed by atoms with van der Waals surface area (Å²) in [5.74, 6) is 1.37. The number of aryl methyl sites for hydroxylation is 2. The highest BCUT2D eigenvalue weighted by Crippen LogP contribution is 2.59. The van der Waals surface area contributed by atoms with Gasteiger partial charge in [0.05, 0.1) is 5.69 Å². The largest absolute Gasteiger partial charge is 0.342 e. The van der Waals surface area contributed by atoms with Crippen LogP contribution in [0.4, 0.5) is 0 Å². The molecule has 0 saturated heterocycles. The highest BCUT2D eigenvalue weighted by Gasteiger charge is 2.43. The van der Waals surface area contributed by atoms with Crippen LogP contribution < -0.4 is 0 Å². The van der Waals surface area contributed by atoms with Gasteiger partial charge in [0, 0.05) is 26.7 Å². The first-order chi connectivity index (χ1) is 14.3. The van der Waals surface area contributed by atoms with Crippen LogP contribution in [0.2, 0.25) is 0 Å². The van der Waals surface area contributed by atoms with E-state index >= 15 is 0 Å². The number of nitrogens with one attached hydrogen (secondary N) is 2. The van der Waals surface area contributed by atoms with Crippen molar-refractivity contribution in [3.63, 3.8) is 0 Å². The molecule has 2 heterocycles. The van der Waals surface area contributed by atoms with Crippen molar-refractivity contribution in [2.75, 3.05) is 0 Å². The highest BCUT2D eigenvalue weighted by molar-refractivity contribution is 7.13. The lowest BCUT2D eigenvalue weighted by Gasteiger charge is -2.20. The van der Waals surface area contributed by atoms with Crippen molar-refractivity contribution >= 4 is 28.2 Å². The number of aromatic amines is 1. The molecule has 30 heavy (non-hydrogen) atoms. The van der Waals surface area contributed by atoms with E-state index in [1.165, 1.54) is 39.3 Å². The zero-order valence-corrected chi connectivity index (χ0v) is 20.1. The summed E-state index contributed by atoms with van der Waals surface area (Å²) in [5, 5.41) is 8.04. The zero-order chi connectivity index (χ0) is 21.6. The maximum absolute atomic E-state index is 8.04. The second-order valence-corrected chi connectivity index (χ2v) is 10.6. The lowest BCUT2D eigenvalue weighted by Crippen LogP contribution is -2.05. The Bertz CT molecular complexity index is 1040. The molecule has 1 fully saturated rings. The van der Waals surface area contributed by atoms with Gasteiger partial charge in [-0.2, -0.15) is 0 Å². The summed E-state index contributed by atoms with van der Waals surface area (Å²) < 4.78 is 0. The van der Waals surface area contributed by atoms with E-state index in [-0.39, 0.29) is 0 Å². The molecule has 0 radical (unpaired) electrons. The maximum atomic E-state index is 8.04. The van der Waals surface area contributed by atoms with Crippen molar-refractivity contribution in [2.24, 2.45) is 11.3 Å². The molecule has 1 saturated carbocycles. The smallest absolute Gasteiger partial charge is 0.134 e. The molecule has 4 heteroatoms. The Hall–Kier alpha value is -1.94. The molecule has 160 valence electrons. The summed E-state index contributed by atoms with van der Waals surface area (Å²) in [6, 6.07) is 0. The minimum Gasteiger partial charge on any atom is -0.342 e. The van der Waals surface area contributed by atoms with E-state index in [9.17, 15) is 0 Å². The number of rotatable bonds is 7. The van der Waals surface area contributed by atoms with E-state index in [1.54, 1.807) is 5.57 Å². The topological polar surface area (TPSA) is 52.5 Å². The summed E-state index contributed by atoms with van der Waals surface area (Å²) in [6.07, 6.45) is 11.5. The van der Waals surface area contributed by atoms with Gasteiger partial charge in [0.15, 0.2) is 0 Å². The normalized spacial score (nSPS) is 17.8. The number of allylic oxidation sites excluding steroid dienone is 4. The van der Waals surface area contributed by atoms with Crippen LogP contribution in [-0.4, -0.2) is 15.7 Å². The van der Waals surface area contributed by atoms with Crippen molar-refractivity contribution in [1.82, 2.24) is 9.97 Å². The molecule has 4 rings (SSSR count). The molecule has 0 aliphatic heterocycles. The second kappa shape index (κ2) is 7.96. The number of hydrogen-bond donors (Lipinski definition) is 2. The van der Waals surface area contributed by atoms with Gasteiger partial charge in [-0.15, -0.1) is 11.3 Å². The fourth-order valence-electron chi connectivity index (χ4n) is 4.97. The van der Waals surface area contributed by atoms with E-state index in [4.69, 9.17) is 10.4 Å². The summed E-state index contributed by atoms with van der Waals surface area (Å²) in [4.78, 5) is 11.7. The molecule has 0 aromatic carbocycles. The highest BCUT2D eigenvalue weighted by atomic mass is 32.1. The van der Waals surface area contributed by atoms with Crippen molar-refractivity contribution < 1.29 is 0 Å². The Morgan fingerprint density at radius 1 is 1.30 bits per heavy atom. The molecular formula is C26H35N3S. The van der Waals surface area contributed by atoms with Crippen LogP contribution in [0, 0.1) is 30.6 Å². The van der Waals surface area contributed by atoms with Crippen molar-refractivity contribution in [3.8, 4) is 11.3 Å². The van der Waals surface area contributed by atoms with Gasteiger partial charge >= 0.3 is 0 Å². The van der Waals surface area contributed by atoms with Gasteiger partial charge in [0.2, 0.25) is 0 Å². The predicted octanol–water partition coefficient (Wildman–Crippen LogP) is 7.74. The standard InChI is InChI=1S/C26H35N3S/c1-7-18(8-2)20(14-15(3)27)25-28-16(4)23(29-25)22-17(5)30-24-19(22)10-9-11-21(24)26(6)12-13-26/h11,14,18,27H,7-10,12-13H2,1-6H3,(H,28,29)/b20-14-,27-15?. The van der Waals surface area contributed by atoms with Crippen LogP contribution in [0.5, 0.6) is 0 Å². The van der Waals surface area contributed by atoms with E-state index in [0.717, 1.165) is 42.9 Å². The van der Waals surface area contributed by atoms with Gasteiger partial charge < -0.3 is 10.4 Å². The Balaban J connectivity index is 1.81. The Labute approximate surface area is 185 Å². The Morgan fingerprint density at radius 3 is 2.60 bits per heavy atom. The van der Waals surface area contributed by atoms with E-state index < -0.39 is 0 Å². The first-order valence-electron chi connectivity index (χ1n) is 11.5. The van der Waals surface area contributed by atoms with E-state index in [2.05, 4.69) is 45.7 Å². The number of H-pyrrole nitrogens is 1. The number of fused-ring (bicyclic) bond motifs is 1. The molecule has 0 spiro atoms. The van der Waals surface area contributed by atoms with Crippen LogP contribution in [-0.2, 0) is 6.42 Å². The lowest BCUT2D eigenvalue weighted by molar-refractivity contribution is 0.620. The molecule has 0 unspecified atom stereocenters. The summed E-state index contributed by atoms with van der Waals surface area (Å²) in [7, 11) is 0. The minimum atomic E-state index is 0.405. The fourth-order valence-corrected chi connectivity index (χ4v) is 6.37. The monoisotopic (exact) mass is 421 g/mol. The molecule has 2 N–H and O–H groups in total. The number of hydrogen-bond acceptors (Lipinski definition) is 3. The van der Waals surface area contributed by atoms with Gasteiger partial charge in [-0.3, -0.25) is 0 Å². The summed E-state index contributed by atoms with van der Waals surface area (Å²) >= 11 is 1.97. The molecular weight excluding hydrogens is 386 g/mol. The number of aromatic nitrogens is 2. The molecule has 0 bridgehead atoms. The number of nitrogens with zero attached hydrogens (tertiary/aromatic N) is 1. The molecule has 2 aromatic rings. The zero-order valence-electron chi connectivity index (χ0n) is 19.3. The first kappa shape index (κ1) is 21.3. The SMILES string of the molecule is CCC(CC)/C(=C/C(C)=N)c1nc(-c2c(C)sc3c2CCC=C3C2(C)CC2)c(C)[nH]1. The van der Waals surface area contributed by atoms with Crippen molar-refractivity contribution in [2.45, 2.75) is 80.1 Å². The number of thiophene rings is 1. The van der Waals surface area contributed by atoms with Crippen LogP contribution >= 0.6 is 11.3 Å². The molecule has 3 nitrogen and oxygen atoms in total. The first-order valence-corrected chi connectivity index (χ1v) is 12.3. The van der Waals surface area contributed by atoms with Gasteiger partial charge in [0.1, 0.15) is 5.82 Å². The van der Waals surface area contributed by atoms with Crippen LogP contribution in [0.3, 0.4) is 0 Å². The quantitative estimate of drug-likeness (QED) is 0.441. The van der Waals surface area contributed by atoms with Crippen LogP contribution in [0.25, 0.3) is 22.4 Å². The lowest BCUT2D eigenvalue weighted by atomic mass is 9.86. The third-order valence-electron chi connectivity index (χ3n) is 7.01. The van der Waals surface area contributed by atoms with Crippen molar-refractivity contribution in [1.29, 1.82) is 5.41 Å². The van der Waals surface area contributed by atoms with Gasteiger partial charge in [-0.1, -0.05) is 26.8 Å². The van der Waals surface area contributed by atoms with E-state index in [0.29, 0.717) is 17.0 Å². The minimum absolute atomic E-state index is 0.405. The van der Waals surface area contributed by atoms with E-state index in [1.807, 2.05) is 24.3 Å². The van der Waals surface area contributed by atoms with Crippen LogP contribution in [0.15, 0.2) is 12.2 Å². The van der Waals surface area contributed by atoms with Crippen molar-refractivity contribution in [3.05, 3.63) is 39.0 Å². The molecule has 0 amide bonds. The Morgan fingerprint density at radius 2 is 2.00 bits per heavy atom. The van der Waals surface area contributed by atoms with Gasteiger partial charge in [-0.25, -0.2) is 4.98 Å². The van der Waals surface area contributed by atoms with Gasteiger partial charge in [-0.05, 0) is 93.4 Å². The third kappa shape index (κ3) is 3.64. The molecule has 2 aliphatic carbocycles. The van der Waals surface area contributed by atoms with Gasteiger partial charge in [0.25, 0.3) is 0 Å². The predicted molar refractivity (Wildman–Crippen MR) is 130 cm³/mol. The third-order valence-corrected chi connectivity index (χ3v) is 8.19.